The minimum Gasteiger partial charge on any atom is -0.454 e. The van der Waals surface area contributed by atoms with Gasteiger partial charge in [-0.25, -0.2) is 13.6 Å². The number of allylic oxidation sites excluding steroid dienone is 1. The van der Waals surface area contributed by atoms with Gasteiger partial charge in [-0.05, 0) is 24.1 Å². The third-order valence-electron chi connectivity index (χ3n) is 5.26. The van der Waals surface area contributed by atoms with Gasteiger partial charge in [0.1, 0.15) is 15.7 Å². The van der Waals surface area contributed by atoms with E-state index >= 15 is 4.39 Å². The predicted octanol–water partition coefficient (Wildman–Crippen LogP) is 4.58. The Morgan fingerprint density at radius 2 is 1.92 bits per heavy atom. The molecular formula is C16H13Cl2F3O4. The van der Waals surface area contributed by atoms with Gasteiger partial charge in [-0.1, -0.05) is 37.0 Å². The molecule has 25 heavy (non-hydrogen) atoms. The van der Waals surface area contributed by atoms with Gasteiger partial charge in [-0.2, -0.15) is 0 Å². The highest BCUT2D eigenvalue weighted by Gasteiger charge is 2.88. The fourth-order valence-corrected chi connectivity index (χ4v) is 3.97. The van der Waals surface area contributed by atoms with Crippen LogP contribution in [-0.4, -0.2) is 18.4 Å². The number of alkyl halides is 1. The van der Waals surface area contributed by atoms with Crippen molar-refractivity contribution in [3.8, 4) is 11.5 Å². The Labute approximate surface area is 151 Å². The average molecular weight is 397 g/mol. The molecule has 1 saturated carbocycles. The van der Waals surface area contributed by atoms with Crippen LogP contribution in [0.5, 0.6) is 11.5 Å². The molecule has 2 unspecified atom stereocenters. The molecule has 0 saturated heterocycles. The van der Waals surface area contributed by atoms with Crippen molar-refractivity contribution in [3.63, 3.8) is 0 Å². The largest absolute Gasteiger partial charge is 0.454 e. The standard InChI is InChI=1S/C16H13Cl2F3O4/c1-14(2)15(13(22)25-21,16(14,20)6-12(17)18)5-8-3-10-11(4-9(8)19)24-7-23-10/h3-4,6H,5,7H2,1-2H3. The van der Waals surface area contributed by atoms with E-state index in [0.29, 0.717) is 0 Å². The number of halogens is 5. The summed E-state index contributed by atoms with van der Waals surface area (Å²) >= 11 is 11.1. The molecule has 2 aliphatic rings. The van der Waals surface area contributed by atoms with Crippen LogP contribution < -0.4 is 9.47 Å². The highest BCUT2D eigenvalue weighted by molar-refractivity contribution is 6.56. The maximum atomic E-state index is 15.5. The molecule has 1 aromatic carbocycles. The normalized spacial score (nSPS) is 28.4. The van der Waals surface area contributed by atoms with Crippen molar-refractivity contribution < 1.29 is 32.5 Å². The van der Waals surface area contributed by atoms with Crippen molar-refractivity contribution >= 4 is 29.2 Å². The average Bonchev–Trinajstić information content (AvgIpc) is 2.85. The van der Waals surface area contributed by atoms with Crippen molar-refractivity contribution in [2.24, 2.45) is 10.8 Å². The zero-order valence-corrected chi connectivity index (χ0v) is 14.7. The molecule has 136 valence electrons. The van der Waals surface area contributed by atoms with Crippen molar-refractivity contribution in [2.45, 2.75) is 25.9 Å². The minimum atomic E-state index is -2.43. The lowest BCUT2D eigenvalue weighted by Crippen LogP contribution is -2.28. The summed E-state index contributed by atoms with van der Waals surface area (Å²) in [6.45, 7) is 2.67. The third-order valence-corrected chi connectivity index (χ3v) is 5.48. The lowest BCUT2D eigenvalue weighted by molar-refractivity contribution is -0.193. The summed E-state index contributed by atoms with van der Waals surface area (Å²) in [5.41, 5.74) is -5.97. The number of hydrogen-bond acceptors (Lipinski definition) is 4. The smallest absolute Gasteiger partial charge is 0.359 e. The fraction of sp³-hybridized carbons (Fsp3) is 0.438. The molecule has 3 rings (SSSR count). The Kier molecular flexibility index (Phi) is 4.15. The summed E-state index contributed by atoms with van der Waals surface area (Å²) in [6, 6.07) is 2.34. The molecule has 1 aromatic rings. The Bertz CT molecular complexity index is 779. The molecule has 0 bridgehead atoms. The Morgan fingerprint density at radius 3 is 2.48 bits per heavy atom. The lowest BCUT2D eigenvalue weighted by Gasteiger charge is -2.16. The molecule has 4 nitrogen and oxygen atoms in total. The Morgan fingerprint density at radius 1 is 1.32 bits per heavy atom. The SMILES string of the molecule is CC1(C)C(F)(C=C(Cl)Cl)C1(Cc1cc2c(cc1F)OCO2)C(=O)OF. The number of fused-ring (bicyclic) bond motifs is 1. The number of hydrogen-bond donors (Lipinski definition) is 0. The number of carbonyl (C=O) groups excluding carboxylic acids is 1. The Balaban J connectivity index is 2.08. The first-order valence-electron chi connectivity index (χ1n) is 7.24. The van der Waals surface area contributed by atoms with E-state index in [1.165, 1.54) is 19.9 Å². The van der Waals surface area contributed by atoms with Gasteiger partial charge in [-0.15, -0.1) is 0 Å². The predicted molar refractivity (Wildman–Crippen MR) is 83.3 cm³/mol. The van der Waals surface area contributed by atoms with Gasteiger partial charge in [0.15, 0.2) is 17.2 Å². The molecular weight excluding hydrogens is 384 g/mol. The number of carbonyl (C=O) groups is 1. The van der Waals surface area contributed by atoms with Gasteiger partial charge in [0.2, 0.25) is 6.79 Å². The van der Waals surface area contributed by atoms with Gasteiger partial charge < -0.3 is 9.47 Å². The molecule has 0 N–H and O–H groups in total. The van der Waals surface area contributed by atoms with Gasteiger partial charge in [0.25, 0.3) is 0 Å². The summed E-state index contributed by atoms with van der Waals surface area (Å²) in [5, 5.41) is 0. The van der Waals surface area contributed by atoms with Crippen LogP contribution in [0.3, 0.4) is 0 Å². The third kappa shape index (κ3) is 2.32. The molecule has 0 spiro atoms. The molecule has 2 atom stereocenters. The molecule has 0 amide bonds. The molecule has 0 aromatic heterocycles. The first-order valence-corrected chi connectivity index (χ1v) is 8.00. The summed E-state index contributed by atoms with van der Waals surface area (Å²) in [4.78, 5) is 15.4. The van der Waals surface area contributed by atoms with Crippen LogP contribution in [0.1, 0.15) is 19.4 Å². The van der Waals surface area contributed by atoms with E-state index in [1.54, 1.807) is 0 Å². The van der Waals surface area contributed by atoms with Gasteiger partial charge in [0.05, 0.1) is 0 Å². The van der Waals surface area contributed by atoms with Crippen LogP contribution in [0.25, 0.3) is 0 Å². The molecule has 1 aliphatic carbocycles. The number of benzene rings is 1. The lowest BCUT2D eigenvalue weighted by atomic mass is 9.88. The van der Waals surface area contributed by atoms with Gasteiger partial charge >= 0.3 is 5.97 Å². The number of ether oxygens (including phenoxy) is 2. The molecule has 1 aliphatic heterocycles. The van der Waals surface area contributed by atoms with E-state index in [9.17, 15) is 13.7 Å². The molecule has 0 radical (unpaired) electrons. The van der Waals surface area contributed by atoms with Crippen LogP contribution in [0.2, 0.25) is 0 Å². The second-order valence-corrected chi connectivity index (χ2v) is 7.52. The molecule has 1 heterocycles. The molecule has 1 fully saturated rings. The number of rotatable bonds is 4. The van der Waals surface area contributed by atoms with Gasteiger partial charge in [-0.3, -0.25) is 4.94 Å². The summed E-state index contributed by atoms with van der Waals surface area (Å²) in [6.07, 6.45) is 0.317. The quantitative estimate of drug-likeness (QED) is 0.747. The van der Waals surface area contributed by atoms with Crippen molar-refractivity contribution in [3.05, 3.63) is 34.1 Å². The van der Waals surface area contributed by atoms with Crippen molar-refractivity contribution in [1.29, 1.82) is 0 Å². The van der Waals surface area contributed by atoms with Crippen molar-refractivity contribution in [1.82, 2.24) is 0 Å². The van der Waals surface area contributed by atoms with E-state index in [2.05, 4.69) is 4.94 Å². The summed E-state index contributed by atoms with van der Waals surface area (Å²) in [5.74, 6) is -1.79. The topological polar surface area (TPSA) is 44.8 Å². The van der Waals surface area contributed by atoms with E-state index in [1.807, 2.05) is 0 Å². The van der Waals surface area contributed by atoms with E-state index in [0.717, 1.165) is 12.1 Å². The van der Waals surface area contributed by atoms with E-state index in [-0.39, 0.29) is 23.9 Å². The zero-order chi connectivity index (χ0) is 18.6. The molecule has 9 heteroatoms. The van der Waals surface area contributed by atoms with Crippen LogP contribution in [0.15, 0.2) is 22.7 Å². The summed E-state index contributed by atoms with van der Waals surface area (Å²) < 4.78 is 52.4. The van der Waals surface area contributed by atoms with Crippen molar-refractivity contribution in [2.75, 3.05) is 6.79 Å². The maximum absolute atomic E-state index is 15.5. The van der Waals surface area contributed by atoms with Crippen LogP contribution >= 0.6 is 23.2 Å². The maximum Gasteiger partial charge on any atom is 0.359 e. The second-order valence-electron chi connectivity index (χ2n) is 6.51. The highest BCUT2D eigenvalue weighted by atomic mass is 35.5. The minimum absolute atomic E-state index is 0.0543. The van der Waals surface area contributed by atoms with Crippen LogP contribution in [0.4, 0.5) is 13.3 Å². The van der Waals surface area contributed by atoms with E-state index < -0.39 is 39.2 Å². The second kappa shape index (κ2) is 5.71. The summed E-state index contributed by atoms with van der Waals surface area (Å²) in [7, 11) is 0. The van der Waals surface area contributed by atoms with Gasteiger partial charge in [0, 0.05) is 16.0 Å². The van der Waals surface area contributed by atoms with Crippen LogP contribution in [0, 0.1) is 16.6 Å². The van der Waals surface area contributed by atoms with E-state index in [4.69, 9.17) is 32.7 Å². The Hall–Kier alpha value is -1.60. The van der Waals surface area contributed by atoms with Crippen LogP contribution in [-0.2, 0) is 16.2 Å². The fourth-order valence-electron chi connectivity index (χ4n) is 3.67. The first kappa shape index (κ1) is 18.2. The first-order chi connectivity index (χ1) is 11.6. The highest BCUT2D eigenvalue weighted by Crippen LogP contribution is 2.77. The monoisotopic (exact) mass is 396 g/mol. The zero-order valence-electron chi connectivity index (χ0n) is 13.2.